The maximum Gasteiger partial charge on any atom is 0.411 e. The third kappa shape index (κ3) is 4.38. The average Bonchev–Trinajstić information content (AvgIpc) is 2.53. The molecule has 2 N–H and O–H groups in total. The molecule has 6 heteroatoms. The Bertz CT molecular complexity index is 599. The van der Waals surface area contributed by atoms with Gasteiger partial charge in [0.25, 0.3) is 0 Å². The van der Waals surface area contributed by atoms with E-state index in [-0.39, 0.29) is 0 Å². The van der Waals surface area contributed by atoms with E-state index in [1.807, 2.05) is 30.3 Å². The molecule has 0 aliphatic carbocycles. The van der Waals surface area contributed by atoms with Crippen LogP contribution in [0.1, 0.15) is 5.56 Å². The number of amides is 1. The summed E-state index contributed by atoms with van der Waals surface area (Å²) in [6.45, 7) is 0.624. The zero-order valence-corrected chi connectivity index (χ0v) is 11.9. The van der Waals surface area contributed by atoms with Crippen LogP contribution in [0, 0.1) is 0 Å². The first-order chi connectivity index (χ1) is 10.2. The van der Waals surface area contributed by atoms with Crippen molar-refractivity contribution in [1.29, 1.82) is 0 Å². The maximum absolute atomic E-state index is 11.2. The van der Waals surface area contributed by atoms with Crippen LogP contribution in [0.2, 0.25) is 0 Å². The van der Waals surface area contributed by atoms with E-state index in [0.29, 0.717) is 18.1 Å². The molecule has 0 unspecified atom stereocenters. The summed E-state index contributed by atoms with van der Waals surface area (Å²) in [5.74, 6) is 0.586. The SMILES string of the molecule is COC(=O)Nc1cccc(NCc2ccc(OC)nc2)c1. The molecule has 0 atom stereocenters. The number of carbonyl (C=O) groups is 1. The van der Waals surface area contributed by atoms with Crippen molar-refractivity contribution in [2.24, 2.45) is 0 Å². The highest BCUT2D eigenvalue weighted by Gasteiger charge is 2.01. The summed E-state index contributed by atoms with van der Waals surface area (Å²) in [7, 11) is 2.91. The zero-order valence-electron chi connectivity index (χ0n) is 11.9. The molecule has 0 bridgehead atoms. The lowest BCUT2D eigenvalue weighted by Gasteiger charge is -2.09. The van der Waals surface area contributed by atoms with Crippen molar-refractivity contribution in [3.05, 3.63) is 48.2 Å². The van der Waals surface area contributed by atoms with Gasteiger partial charge in [-0.15, -0.1) is 0 Å². The second-order valence-corrected chi connectivity index (χ2v) is 4.26. The predicted molar refractivity (Wildman–Crippen MR) is 80.6 cm³/mol. The second-order valence-electron chi connectivity index (χ2n) is 4.26. The van der Waals surface area contributed by atoms with Gasteiger partial charge in [-0.2, -0.15) is 0 Å². The number of methoxy groups -OCH3 is 2. The summed E-state index contributed by atoms with van der Waals surface area (Å²) in [6, 6.07) is 11.1. The Labute approximate surface area is 123 Å². The van der Waals surface area contributed by atoms with Gasteiger partial charge in [0.05, 0.1) is 14.2 Å². The smallest absolute Gasteiger partial charge is 0.411 e. The molecule has 0 saturated heterocycles. The lowest BCUT2D eigenvalue weighted by atomic mass is 10.2. The molecule has 0 aliphatic rings. The summed E-state index contributed by atoms with van der Waals surface area (Å²) in [4.78, 5) is 15.3. The monoisotopic (exact) mass is 287 g/mol. The van der Waals surface area contributed by atoms with Crippen molar-refractivity contribution in [3.63, 3.8) is 0 Å². The van der Waals surface area contributed by atoms with Crippen LogP contribution in [0.3, 0.4) is 0 Å². The van der Waals surface area contributed by atoms with Crippen molar-refractivity contribution in [2.45, 2.75) is 6.54 Å². The first-order valence-electron chi connectivity index (χ1n) is 6.39. The molecule has 0 radical (unpaired) electrons. The molecule has 21 heavy (non-hydrogen) atoms. The number of hydrogen-bond donors (Lipinski definition) is 2. The Balaban J connectivity index is 1.96. The number of carbonyl (C=O) groups excluding carboxylic acids is 1. The van der Waals surface area contributed by atoms with E-state index >= 15 is 0 Å². The Morgan fingerprint density at radius 3 is 2.67 bits per heavy atom. The number of benzene rings is 1. The fourth-order valence-electron chi connectivity index (χ4n) is 1.72. The van der Waals surface area contributed by atoms with Gasteiger partial charge in [0.1, 0.15) is 0 Å². The molecule has 0 fully saturated rings. The summed E-state index contributed by atoms with van der Waals surface area (Å²) in [5.41, 5.74) is 2.58. The van der Waals surface area contributed by atoms with Crippen LogP contribution >= 0.6 is 0 Å². The molecule has 1 aromatic carbocycles. The molecular formula is C15H17N3O3. The van der Waals surface area contributed by atoms with Crippen LogP contribution in [0.25, 0.3) is 0 Å². The molecule has 2 aromatic rings. The lowest BCUT2D eigenvalue weighted by molar-refractivity contribution is 0.187. The number of nitrogens with zero attached hydrogens (tertiary/aromatic N) is 1. The summed E-state index contributed by atoms with van der Waals surface area (Å²) in [5, 5.41) is 5.87. The van der Waals surface area contributed by atoms with Gasteiger partial charge < -0.3 is 14.8 Å². The van der Waals surface area contributed by atoms with Gasteiger partial charge in [-0.25, -0.2) is 9.78 Å². The number of hydrogen-bond acceptors (Lipinski definition) is 5. The van der Waals surface area contributed by atoms with E-state index in [0.717, 1.165) is 11.3 Å². The fourth-order valence-corrected chi connectivity index (χ4v) is 1.72. The van der Waals surface area contributed by atoms with Crippen molar-refractivity contribution in [1.82, 2.24) is 4.98 Å². The van der Waals surface area contributed by atoms with Crippen LogP contribution in [0.15, 0.2) is 42.6 Å². The Morgan fingerprint density at radius 1 is 1.19 bits per heavy atom. The summed E-state index contributed by atoms with van der Waals surface area (Å²) >= 11 is 0. The van der Waals surface area contributed by atoms with Gasteiger partial charge in [0, 0.05) is 30.2 Å². The Morgan fingerprint density at radius 2 is 2.00 bits per heavy atom. The number of aromatic nitrogens is 1. The van der Waals surface area contributed by atoms with E-state index < -0.39 is 6.09 Å². The van der Waals surface area contributed by atoms with Crippen molar-refractivity contribution in [3.8, 4) is 5.88 Å². The quantitative estimate of drug-likeness (QED) is 0.884. The van der Waals surface area contributed by atoms with Gasteiger partial charge in [-0.3, -0.25) is 5.32 Å². The molecule has 1 amide bonds. The molecule has 0 saturated carbocycles. The van der Waals surface area contributed by atoms with E-state index in [4.69, 9.17) is 4.74 Å². The van der Waals surface area contributed by atoms with Gasteiger partial charge >= 0.3 is 6.09 Å². The van der Waals surface area contributed by atoms with Crippen molar-refractivity contribution >= 4 is 17.5 Å². The van der Waals surface area contributed by atoms with Crippen LogP contribution in [-0.4, -0.2) is 25.3 Å². The number of nitrogens with one attached hydrogen (secondary N) is 2. The van der Waals surface area contributed by atoms with Gasteiger partial charge in [-0.1, -0.05) is 12.1 Å². The minimum absolute atomic E-state index is 0.494. The topological polar surface area (TPSA) is 72.5 Å². The Hall–Kier alpha value is -2.76. The predicted octanol–water partition coefficient (Wildman–Crippen LogP) is 2.88. The van der Waals surface area contributed by atoms with Crippen LogP contribution < -0.4 is 15.4 Å². The molecule has 0 aliphatic heterocycles. The minimum Gasteiger partial charge on any atom is -0.481 e. The molecule has 2 rings (SSSR count). The van der Waals surface area contributed by atoms with E-state index in [9.17, 15) is 4.79 Å². The third-order valence-corrected chi connectivity index (χ3v) is 2.80. The molecule has 6 nitrogen and oxygen atoms in total. The highest BCUT2D eigenvalue weighted by Crippen LogP contribution is 2.16. The second kappa shape index (κ2) is 7.14. The van der Waals surface area contributed by atoms with Gasteiger partial charge in [0.2, 0.25) is 5.88 Å². The number of ether oxygens (including phenoxy) is 2. The van der Waals surface area contributed by atoms with Gasteiger partial charge in [-0.05, 0) is 23.8 Å². The van der Waals surface area contributed by atoms with Gasteiger partial charge in [0.15, 0.2) is 0 Å². The molecular weight excluding hydrogens is 270 g/mol. The van der Waals surface area contributed by atoms with Crippen LogP contribution in [-0.2, 0) is 11.3 Å². The first kappa shape index (κ1) is 14.6. The highest BCUT2D eigenvalue weighted by molar-refractivity contribution is 5.85. The molecule has 0 spiro atoms. The molecule has 110 valence electrons. The van der Waals surface area contributed by atoms with Crippen molar-refractivity contribution < 1.29 is 14.3 Å². The fraction of sp³-hybridized carbons (Fsp3) is 0.200. The maximum atomic E-state index is 11.2. The van der Waals surface area contributed by atoms with Crippen molar-refractivity contribution in [2.75, 3.05) is 24.9 Å². The molecule has 1 heterocycles. The van der Waals surface area contributed by atoms with Crippen LogP contribution in [0.5, 0.6) is 5.88 Å². The van der Waals surface area contributed by atoms with Crippen LogP contribution in [0.4, 0.5) is 16.2 Å². The zero-order chi connectivity index (χ0) is 15.1. The number of anilines is 2. The average molecular weight is 287 g/mol. The highest BCUT2D eigenvalue weighted by atomic mass is 16.5. The number of pyridine rings is 1. The van der Waals surface area contributed by atoms with E-state index in [2.05, 4.69) is 20.4 Å². The number of rotatable bonds is 5. The van der Waals surface area contributed by atoms with E-state index in [1.54, 1.807) is 19.4 Å². The summed E-state index contributed by atoms with van der Waals surface area (Å²) < 4.78 is 9.57. The first-order valence-corrected chi connectivity index (χ1v) is 6.39. The molecule has 1 aromatic heterocycles. The van der Waals surface area contributed by atoms with E-state index in [1.165, 1.54) is 7.11 Å². The summed E-state index contributed by atoms with van der Waals surface area (Å²) in [6.07, 6.45) is 1.26. The standard InChI is InChI=1S/C15H17N3O3/c1-20-14-7-6-11(10-17-14)9-16-12-4-3-5-13(8-12)18-15(19)21-2/h3-8,10,16H,9H2,1-2H3,(H,18,19). The lowest BCUT2D eigenvalue weighted by Crippen LogP contribution is -2.11. The largest absolute Gasteiger partial charge is 0.481 e. The normalized spacial score (nSPS) is 9.81. The minimum atomic E-state index is -0.494. The Kier molecular flexibility index (Phi) is 4.98. The third-order valence-electron chi connectivity index (χ3n) is 2.80.